The molecule has 4 nitrogen and oxygen atoms in total. The Morgan fingerprint density at radius 1 is 1.37 bits per heavy atom. The fraction of sp³-hybridized carbons (Fsp3) is 0.154. The first-order valence-electron chi connectivity index (χ1n) is 5.71. The minimum absolute atomic E-state index is 0.415. The van der Waals surface area contributed by atoms with Gasteiger partial charge >= 0.3 is 0 Å². The Labute approximate surface area is 125 Å². The molecule has 0 aliphatic heterocycles. The topological polar surface area (TPSA) is 60.2 Å². The Kier molecular flexibility index (Phi) is 4.50. The van der Waals surface area contributed by atoms with Gasteiger partial charge in [-0.15, -0.1) is 0 Å². The van der Waals surface area contributed by atoms with Gasteiger partial charge in [0.05, 0.1) is 23.0 Å². The predicted molar refractivity (Wildman–Crippen MR) is 82.3 cm³/mol. The number of nitrogens with one attached hydrogen (secondary N) is 1. The number of hydrogen-bond donors (Lipinski definition) is 2. The molecule has 0 atom stereocenters. The van der Waals surface area contributed by atoms with E-state index in [0.717, 1.165) is 10.2 Å². The van der Waals surface area contributed by atoms with Crippen LogP contribution in [0.15, 0.2) is 34.8 Å². The number of rotatable bonds is 4. The third-order valence-electron chi connectivity index (χ3n) is 2.36. The molecule has 19 heavy (non-hydrogen) atoms. The van der Waals surface area contributed by atoms with Gasteiger partial charge in [-0.1, -0.05) is 27.5 Å². The van der Waals surface area contributed by atoms with Crippen LogP contribution in [-0.4, -0.2) is 11.6 Å². The highest BCUT2D eigenvalue weighted by molar-refractivity contribution is 9.10. The average Bonchev–Trinajstić information content (AvgIpc) is 2.38. The maximum Gasteiger partial charge on any atom is 0.239 e. The predicted octanol–water partition coefficient (Wildman–Crippen LogP) is 4.22. The van der Waals surface area contributed by atoms with E-state index in [9.17, 15) is 0 Å². The van der Waals surface area contributed by atoms with E-state index in [4.69, 9.17) is 22.1 Å². The molecule has 6 heteroatoms. The zero-order valence-corrected chi connectivity index (χ0v) is 12.6. The fourth-order valence-electron chi connectivity index (χ4n) is 1.50. The second-order valence-corrected chi connectivity index (χ2v) is 5.10. The molecule has 0 bridgehead atoms. The first-order chi connectivity index (χ1) is 9.10. The molecule has 0 fully saturated rings. The van der Waals surface area contributed by atoms with Gasteiger partial charge in [0.15, 0.2) is 0 Å². The summed E-state index contributed by atoms with van der Waals surface area (Å²) in [7, 11) is 0. The lowest BCUT2D eigenvalue weighted by molar-refractivity contribution is 0.329. The van der Waals surface area contributed by atoms with Crippen LogP contribution in [0.1, 0.15) is 6.92 Å². The van der Waals surface area contributed by atoms with Crippen molar-refractivity contribution < 1.29 is 4.74 Å². The second kappa shape index (κ2) is 6.12. The molecule has 0 aliphatic rings. The normalized spacial score (nSPS) is 10.3. The SMILES string of the molecule is CCOc1nc(Nc2cc(Br)ccc2Cl)ccc1N. The van der Waals surface area contributed by atoms with Crippen molar-refractivity contribution in [3.05, 3.63) is 39.8 Å². The van der Waals surface area contributed by atoms with Crippen molar-refractivity contribution in [3.63, 3.8) is 0 Å². The first kappa shape index (κ1) is 14.0. The van der Waals surface area contributed by atoms with E-state index < -0.39 is 0 Å². The van der Waals surface area contributed by atoms with E-state index in [0.29, 0.717) is 29.0 Å². The zero-order valence-electron chi connectivity index (χ0n) is 10.3. The van der Waals surface area contributed by atoms with Crippen LogP contribution in [0, 0.1) is 0 Å². The summed E-state index contributed by atoms with van der Waals surface area (Å²) in [5, 5.41) is 3.74. The van der Waals surface area contributed by atoms with Crippen LogP contribution in [0.4, 0.5) is 17.2 Å². The summed E-state index contributed by atoms with van der Waals surface area (Å²) in [5.41, 5.74) is 7.04. The van der Waals surface area contributed by atoms with Crippen LogP contribution < -0.4 is 15.8 Å². The number of aromatic nitrogens is 1. The molecule has 1 heterocycles. The van der Waals surface area contributed by atoms with Crippen molar-refractivity contribution in [1.29, 1.82) is 0 Å². The number of anilines is 3. The van der Waals surface area contributed by atoms with Crippen LogP contribution in [-0.2, 0) is 0 Å². The fourth-order valence-corrected chi connectivity index (χ4v) is 2.03. The first-order valence-corrected chi connectivity index (χ1v) is 6.88. The monoisotopic (exact) mass is 341 g/mol. The average molecular weight is 343 g/mol. The molecule has 1 aromatic heterocycles. The number of hydrogen-bond acceptors (Lipinski definition) is 4. The van der Waals surface area contributed by atoms with E-state index in [1.807, 2.05) is 19.1 Å². The summed E-state index contributed by atoms with van der Waals surface area (Å²) in [6, 6.07) is 9.06. The third-order valence-corrected chi connectivity index (χ3v) is 3.18. The zero-order chi connectivity index (χ0) is 13.8. The summed E-state index contributed by atoms with van der Waals surface area (Å²) in [4.78, 5) is 4.30. The number of benzene rings is 1. The number of nitrogens with zero attached hydrogens (tertiary/aromatic N) is 1. The second-order valence-electron chi connectivity index (χ2n) is 3.77. The summed E-state index contributed by atoms with van der Waals surface area (Å²) in [6.45, 7) is 2.39. The molecule has 0 saturated heterocycles. The minimum Gasteiger partial charge on any atom is -0.476 e. The standard InChI is InChI=1S/C13H13BrClN3O/c1-2-19-13-10(16)5-6-12(18-13)17-11-7-8(14)3-4-9(11)15/h3-7H,2,16H2,1H3,(H,17,18). The molecule has 0 unspecified atom stereocenters. The van der Waals surface area contributed by atoms with Crippen molar-refractivity contribution in [2.24, 2.45) is 0 Å². The largest absolute Gasteiger partial charge is 0.476 e. The van der Waals surface area contributed by atoms with Gasteiger partial charge in [0, 0.05) is 4.47 Å². The molecule has 100 valence electrons. The maximum absolute atomic E-state index is 6.11. The van der Waals surface area contributed by atoms with Gasteiger partial charge in [-0.05, 0) is 37.3 Å². The van der Waals surface area contributed by atoms with E-state index in [2.05, 4.69) is 26.2 Å². The number of ether oxygens (including phenoxy) is 1. The van der Waals surface area contributed by atoms with Gasteiger partial charge in [0.25, 0.3) is 0 Å². The Morgan fingerprint density at radius 3 is 2.89 bits per heavy atom. The lowest BCUT2D eigenvalue weighted by Gasteiger charge is -2.11. The molecular formula is C13H13BrClN3O. The van der Waals surface area contributed by atoms with Crippen molar-refractivity contribution in [1.82, 2.24) is 4.98 Å². The van der Waals surface area contributed by atoms with E-state index in [-0.39, 0.29) is 0 Å². The van der Waals surface area contributed by atoms with Gasteiger partial charge in [-0.2, -0.15) is 4.98 Å². The van der Waals surface area contributed by atoms with E-state index in [1.165, 1.54) is 0 Å². The molecule has 2 rings (SSSR count). The lowest BCUT2D eigenvalue weighted by atomic mass is 10.3. The molecular weight excluding hydrogens is 330 g/mol. The molecule has 0 amide bonds. The summed E-state index contributed by atoms with van der Waals surface area (Å²) >= 11 is 9.51. The van der Waals surface area contributed by atoms with Crippen LogP contribution in [0.2, 0.25) is 5.02 Å². The highest BCUT2D eigenvalue weighted by atomic mass is 79.9. The van der Waals surface area contributed by atoms with Crippen molar-refractivity contribution in [2.75, 3.05) is 17.7 Å². The number of pyridine rings is 1. The Balaban J connectivity index is 2.28. The number of halogens is 2. The molecule has 0 saturated carbocycles. The molecule has 0 radical (unpaired) electrons. The van der Waals surface area contributed by atoms with Gasteiger partial charge in [0.1, 0.15) is 5.82 Å². The van der Waals surface area contributed by atoms with Crippen molar-refractivity contribution >= 4 is 44.7 Å². The summed E-state index contributed by atoms with van der Waals surface area (Å²) in [5.74, 6) is 1.04. The van der Waals surface area contributed by atoms with Crippen molar-refractivity contribution in [3.8, 4) is 5.88 Å². The Hall–Kier alpha value is -1.46. The lowest BCUT2D eigenvalue weighted by Crippen LogP contribution is -2.02. The highest BCUT2D eigenvalue weighted by Gasteiger charge is 2.06. The van der Waals surface area contributed by atoms with Gasteiger partial charge in [0.2, 0.25) is 5.88 Å². The number of nitrogens with two attached hydrogens (primary N) is 1. The third kappa shape index (κ3) is 3.52. The molecule has 0 aliphatic carbocycles. The quantitative estimate of drug-likeness (QED) is 0.873. The highest BCUT2D eigenvalue weighted by Crippen LogP contribution is 2.29. The van der Waals surface area contributed by atoms with Crippen LogP contribution in [0.5, 0.6) is 5.88 Å². The van der Waals surface area contributed by atoms with Gasteiger partial charge in [-0.25, -0.2) is 0 Å². The molecule has 3 N–H and O–H groups in total. The van der Waals surface area contributed by atoms with E-state index >= 15 is 0 Å². The van der Waals surface area contributed by atoms with Crippen LogP contribution in [0.25, 0.3) is 0 Å². The van der Waals surface area contributed by atoms with Crippen molar-refractivity contribution in [2.45, 2.75) is 6.92 Å². The maximum atomic E-state index is 6.11. The summed E-state index contributed by atoms with van der Waals surface area (Å²) in [6.07, 6.45) is 0. The summed E-state index contributed by atoms with van der Waals surface area (Å²) < 4.78 is 6.28. The molecule has 0 spiro atoms. The van der Waals surface area contributed by atoms with Gasteiger partial charge < -0.3 is 15.8 Å². The minimum atomic E-state index is 0.415. The molecule has 2 aromatic rings. The Bertz CT molecular complexity index is 592. The van der Waals surface area contributed by atoms with E-state index in [1.54, 1.807) is 18.2 Å². The van der Waals surface area contributed by atoms with Crippen LogP contribution in [0.3, 0.4) is 0 Å². The Morgan fingerprint density at radius 2 is 2.16 bits per heavy atom. The smallest absolute Gasteiger partial charge is 0.239 e. The molecule has 1 aromatic carbocycles. The van der Waals surface area contributed by atoms with Crippen LogP contribution >= 0.6 is 27.5 Å². The van der Waals surface area contributed by atoms with Gasteiger partial charge in [-0.3, -0.25) is 0 Å². The number of nitrogen functional groups attached to an aromatic ring is 1.